The molecule has 1 aliphatic rings. The van der Waals surface area contributed by atoms with E-state index in [2.05, 4.69) is 30.2 Å². The van der Waals surface area contributed by atoms with Gasteiger partial charge in [0.2, 0.25) is 5.95 Å². The monoisotopic (exact) mass is 324 g/mol. The minimum atomic E-state index is -0.251. The number of aromatic nitrogens is 4. The summed E-state index contributed by atoms with van der Waals surface area (Å²) in [4.78, 5) is 30.5. The number of amides is 1. The van der Waals surface area contributed by atoms with Crippen LogP contribution in [0.15, 0.2) is 36.7 Å². The summed E-state index contributed by atoms with van der Waals surface area (Å²) >= 11 is 0. The Labute approximate surface area is 137 Å². The number of carbonyl (C=O) groups excluding carboxylic acids is 1. The van der Waals surface area contributed by atoms with Crippen LogP contribution in [0.25, 0.3) is 11.2 Å². The Morgan fingerprint density at radius 3 is 2.75 bits per heavy atom. The van der Waals surface area contributed by atoms with Gasteiger partial charge in [-0.2, -0.15) is 9.97 Å². The zero-order valence-electron chi connectivity index (χ0n) is 12.9. The first kappa shape index (κ1) is 14.6. The highest BCUT2D eigenvalue weighted by Gasteiger charge is 2.19. The number of aromatic amines is 1. The minimum Gasteiger partial charge on any atom is -0.378 e. The molecule has 2 aromatic heterocycles. The number of morpholine rings is 1. The highest BCUT2D eigenvalue weighted by Crippen LogP contribution is 2.23. The molecule has 8 heteroatoms. The predicted octanol–water partition coefficient (Wildman–Crippen LogP) is 1.44. The van der Waals surface area contributed by atoms with Crippen molar-refractivity contribution >= 4 is 28.8 Å². The zero-order chi connectivity index (χ0) is 16.4. The Bertz CT molecular complexity index is 857. The van der Waals surface area contributed by atoms with Gasteiger partial charge in [0.15, 0.2) is 11.5 Å². The number of fused-ring (bicyclic) bond motifs is 1. The number of anilines is 2. The summed E-state index contributed by atoms with van der Waals surface area (Å²) in [6, 6.07) is 8.97. The van der Waals surface area contributed by atoms with E-state index < -0.39 is 0 Å². The van der Waals surface area contributed by atoms with Gasteiger partial charge in [0.25, 0.3) is 5.91 Å². The van der Waals surface area contributed by atoms with Crippen LogP contribution in [0.3, 0.4) is 0 Å². The number of ether oxygens (including phenoxy) is 1. The second kappa shape index (κ2) is 6.25. The van der Waals surface area contributed by atoms with Crippen LogP contribution in [0, 0.1) is 0 Å². The summed E-state index contributed by atoms with van der Waals surface area (Å²) in [5, 5.41) is 2.75. The molecule has 122 valence electrons. The van der Waals surface area contributed by atoms with Crippen molar-refractivity contribution in [1.82, 2.24) is 19.9 Å². The van der Waals surface area contributed by atoms with E-state index in [1.165, 1.54) is 0 Å². The fraction of sp³-hybridized carbons (Fsp3) is 0.250. The Morgan fingerprint density at radius 2 is 1.96 bits per heavy atom. The molecule has 0 saturated carbocycles. The summed E-state index contributed by atoms with van der Waals surface area (Å²) in [5.41, 5.74) is 1.83. The number of H-pyrrole nitrogens is 1. The van der Waals surface area contributed by atoms with Gasteiger partial charge in [0.05, 0.1) is 19.5 Å². The third-order valence-electron chi connectivity index (χ3n) is 3.84. The highest BCUT2D eigenvalue weighted by molar-refractivity contribution is 6.03. The van der Waals surface area contributed by atoms with Crippen LogP contribution in [-0.4, -0.2) is 52.1 Å². The normalized spacial score (nSPS) is 14.8. The lowest BCUT2D eigenvalue weighted by molar-refractivity contribution is 0.102. The molecular formula is C16H16N6O2. The first-order chi connectivity index (χ1) is 11.8. The van der Waals surface area contributed by atoms with Crippen LogP contribution in [0.5, 0.6) is 0 Å². The molecule has 0 aliphatic carbocycles. The van der Waals surface area contributed by atoms with Crippen LogP contribution in [0.4, 0.5) is 11.8 Å². The molecule has 0 spiro atoms. The fourth-order valence-electron chi connectivity index (χ4n) is 2.64. The van der Waals surface area contributed by atoms with E-state index in [4.69, 9.17) is 4.74 Å². The summed E-state index contributed by atoms with van der Waals surface area (Å²) in [7, 11) is 0. The standard InChI is InChI=1S/C16H16N6O2/c23-15(11-4-2-1-3-5-11)21-16-19-13-12(17-10-18-13)14(20-16)22-6-8-24-9-7-22/h1-5,10H,6-9H2,(H2,17,18,19,20,21,23). The van der Waals surface area contributed by atoms with Gasteiger partial charge in [-0.25, -0.2) is 4.98 Å². The molecule has 0 unspecified atom stereocenters. The largest absolute Gasteiger partial charge is 0.378 e. The third kappa shape index (κ3) is 2.79. The first-order valence-electron chi connectivity index (χ1n) is 7.71. The molecule has 0 radical (unpaired) electrons. The summed E-state index contributed by atoms with van der Waals surface area (Å²) in [5.74, 6) is 0.715. The molecule has 0 atom stereocenters. The number of benzene rings is 1. The van der Waals surface area contributed by atoms with Crippen LogP contribution < -0.4 is 10.2 Å². The summed E-state index contributed by atoms with van der Waals surface area (Å²) < 4.78 is 5.39. The smallest absolute Gasteiger partial charge is 0.258 e. The molecule has 3 aromatic rings. The number of hydrogen-bond acceptors (Lipinski definition) is 6. The molecule has 1 aliphatic heterocycles. The van der Waals surface area contributed by atoms with Gasteiger partial charge < -0.3 is 14.6 Å². The van der Waals surface area contributed by atoms with Crippen molar-refractivity contribution in [2.45, 2.75) is 0 Å². The van der Waals surface area contributed by atoms with Crippen molar-refractivity contribution in [3.05, 3.63) is 42.2 Å². The van der Waals surface area contributed by atoms with Gasteiger partial charge in [-0.15, -0.1) is 0 Å². The average Bonchev–Trinajstić information content (AvgIpc) is 3.11. The van der Waals surface area contributed by atoms with Crippen molar-refractivity contribution in [3.8, 4) is 0 Å². The van der Waals surface area contributed by atoms with E-state index in [9.17, 15) is 4.79 Å². The number of hydrogen-bond donors (Lipinski definition) is 2. The van der Waals surface area contributed by atoms with Gasteiger partial charge in [-0.1, -0.05) is 18.2 Å². The highest BCUT2D eigenvalue weighted by atomic mass is 16.5. The maximum Gasteiger partial charge on any atom is 0.258 e. The maximum absolute atomic E-state index is 12.3. The Hall–Kier alpha value is -3.00. The summed E-state index contributed by atoms with van der Waals surface area (Å²) in [6.45, 7) is 2.76. The number of imidazole rings is 1. The summed E-state index contributed by atoms with van der Waals surface area (Å²) in [6.07, 6.45) is 1.58. The predicted molar refractivity (Wildman–Crippen MR) is 89.1 cm³/mol. The van der Waals surface area contributed by atoms with E-state index in [-0.39, 0.29) is 11.9 Å². The number of rotatable bonds is 3. The molecule has 8 nitrogen and oxygen atoms in total. The van der Waals surface area contributed by atoms with Crippen molar-refractivity contribution in [3.63, 3.8) is 0 Å². The van der Waals surface area contributed by atoms with Crippen LogP contribution in [0.2, 0.25) is 0 Å². The van der Waals surface area contributed by atoms with Crippen molar-refractivity contribution in [2.24, 2.45) is 0 Å². The van der Waals surface area contributed by atoms with Gasteiger partial charge >= 0.3 is 0 Å². The van der Waals surface area contributed by atoms with Crippen molar-refractivity contribution in [1.29, 1.82) is 0 Å². The van der Waals surface area contributed by atoms with Crippen LogP contribution in [0.1, 0.15) is 10.4 Å². The van der Waals surface area contributed by atoms with Crippen LogP contribution >= 0.6 is 0 Å². The zero-order valence-corrected chi connectivity index (χ0v) is 12.9. The first-order valence-corrected chi connectivity index (χ1v) is 7.71. The molecule has 3 heterocycles. The lowest BCUT2D eigenvalue weighted by Crippen LogP contribution is -2.37. The van der Waals surface area contributed by atoms with E-state index in [0.29, 0.717) is 24.4 Å². The van der Waals surface area contributed by atoms with Gasteiger partial charge in [-0.05, 0) is 12.1 Å². The number of carbonyl (C=O) groups is 1. The number of nitrogens with one attached hydrogen (secondary N) is 2. The molecule has 24 heavy (non-hydrogen) atoms. The van der Waals surface area contributed by atoms with Crippen molar-refractivity contribution in [2.75, 3.05) is 36.5 Å². The van der Waals surface area contributed by atoms with Crippen LogP contribution in [-0.2, 0) is 4.74 Å². The molecule has 1 saturated heterocycles. The van der Waals surface area contributed by atoms with Gasteiger partial charge in [0.1, 0.15) is 5.52 Å². The average molecular weight is 324 g/mol. The second-order valence-corrected chi connectivity index (χ2v) is 5.39. The van der Waals surface area contributed by atoms with Crippen molar-refractivity contribution < 1.29 is 9.53 Å². The van der Waals surface area contributed by atoms with E-state index in [0.717, 1.165) is 24.4 Å². The Kier molecular flexibility index (Phi) is 3.80. The van der Waals surface area contributed by atoms with Gasteiger partial charge in [-0.3, -0.25) is 10.1 Å². The SMILES string of the molecule is O=C(Nc1nc(N2CCOCC2)c2[nH]cnc2n1)c1ccccc1. The molecule has 1 fully saturated rings. The van der Waals surface area contributed by atoms with E-state index in [1.807, 2.05) is 18.2 Å². The van der Waals surface area contributed by atoms with Gasteiger partial charge in [0, 0.05) is 18.7 Å². The molecule has 0 bridgehead atoms. The maximum atomic E-state index is 12.3. The third-order valence-corrected chi connectivity index (χ3v) is 3.84. The minimum absolute atomic E-state index is 0.241. The molecule has 4 rings (SSSR count). The molecule has 1 amide bonds. The van der Waals surface area contributed by atoms with E-state index in [1.54, 1.807) is 18.5 Å². The molecule has 2 N–H and O–H groups in total. The number of nitrogens with zero attached hydrogens (tertiary/aromatic N) is 4. The van der Waals surface area contributed by atoms with E-state index >= 15 is 0 Å². The lowest BCUT2D eigenvalue weighted by Gasteiger charge is -2.28. The quantitative estimate of drug-likeness (QED) is 0.757. The molecule has 1 aromatic carbocycles. The Morgan fingerprint density at radius 1 is 1.17 bits per heavy atom. The Balaban J connectivity index is 1.67. The second-order valence-electron chi connectivity index (χ2n) is 5.39. The lowest BCUT2D eigenvalue weighted by atomic mass is 10.2. The topological polar surface area (TPSA) is 96.0 Å². The molecular weight excluding hydrogens is 308 g/mol. The fourth-order valence-corrected chi connectivity index (χ4v) is 2.64.